The van der Waals surface area contributed by atoms with Crippen LogP contribution in [0.25, 0.3) is 6.08 Å². The number of rotatable bonds is 5. The molecule has 0 aliphatic carbocycles. The SMILES string of the molecule is C=CCOc1ccc(/C=C2\N=C(c3ccccc3)OC2=O)cc1. The van der Waals surface area contributed by atoms with Gasteiger partial charge < -0.3 is 9.47 Å². The number of carbonyl (C=O) groups is 1. The second-order valence-corrected chi connectivity index (χ2v) is 4.87. The minimum atomic E-state index is -0.448. The second kappa shape index (κ2) is 6.75. The maximum Gasteiger partial charge on any atom is 0.363 e. The van der Waals surface area contributed by atoms with Crippen LogP contribution in [-0.4, -0.2) is 18.5 Å². The highest BCUT2D eigenvalue weighted by molar-refractivity contribution is 6.12. The molecular formula is C19H15NO3. The van der Waals surface area contributed by atoms with E-state index in [1.54, 1.807) is 12.2 Å². The van der Waals surface area contributed by atoms with E-state index in [0.717, 1.165) is 16.9 Å². The first-order chi connectivity index (χ1) is 11.3. The number of esters is 1. The van der Waals surface area contributed by atoms with Gasteiger partial charge >= 0.3 is 5.97 Å². The number of hydrogen-bond donors (Lipinski definition) is 0. The molecule has 2 aromatic rings. The van der Waals surface area contributed by atoms with E-state index in [-0.39, 0.29) is 5.70 Å². The highest BCUT2D eigenvalue weighted by Crippen LogP contribution is 2.20. The normalized spacial score (nSPS) is 15.2. The summed E-state index contributed by atoms with van der Waals surface area (Å²) >= 11 is 0. The average molecular weight is 305 g/mol. The van der Waals surface area contributed by atoms with Crippen LogP contribution < -0.4 is 4.74 Å². The molecule has 23 heavy (non-hydrogen) atoms. The van der Waals surface area contributed by atoms with Gasteiger partial charge in [0, 0.05) is 5.56 Å². The van der Waals surface area contributed by atoms with Crippen LogP contribution >= 0.6 is 0 Å². The third kappa shape index (κ3) is 3.55. The van der Waals surface area contributed by atoms with Gasteiger partial charge in [0.25, 0.3) is 0 Å². The molecule has 0 radical (unpaired) electrons. The Hall–Kier alpha value is -3.14. The van der Waals surface area contributed by atoms with E-state index >= 15 is 0 Å². The summed E-state index contributed by atoms with van der Waals surface area (Å²) in [4.78, 5) is 16.2. The van der Waals surface area contributed by atoms with Gasteiger partial charge in [-0.05, 0) is 35.9 Å². The van der Waals surface area contributed by atoms with Crippen LogP contribution in [0.2, 0.25) is 0 Å². The molecule has 4 nitrogen and oxygen atoms in total. The fourth-order valence-corrected chi connectivity index (χ4v) is 2.09. The van der Waals surface area contributed by atoms with Crippen LogP contribution in [0.4, 0.5) is 0 Å². The molecule has 0 atom stereocenters. The first kappa shape index (κ1) is 14.8. The summed E-state index contributed by atoms with van der Waals surface area (Å²) in [5.74, 6) is 0.623. The Bertz CT molecular complexity index is 774. The Labute approximate surface area is 134 Å². The Morgan fingerprint density at radius 1 is 1.09 bits per heavy atom. The molecule has 0 aromatic heterocycles. The Balaban J connectivity index is 1.80. The maximum atomic E-state index is 11.9. The summed E-state index contributed by atoms with van der Waals surface area (Å²) in [6, 6.07) is 16.7. The molecule has 1 aliphatic rings. The molecule has 1 aliphatic heterocycles. The highest BCUT2D eigenvalue weighted by atomic mass is 16.6. The van der Waals surface area contributed by atoms with Gasteiger partial charge in [-0.2, -0.15) is 0 Å². The largest absolute Gasteiger partial charge is 0.490 e. The van der Waals surface area contributed by atoms with Crippen molar-refractivity contribution in [3.8, 4) is 5.75 Å². The third-order valence-corrected chi connectivity index (χ3v) is 3.19. The quantitative estimate of drug-likeness (QED) is 0.482. The Morgan fingerprint density at radius 2 is 1.83 bits per heavy atom. The standard InChI is InChI=1S/C19H15NO3/c1-2-12-22-16-10-8-14(9-11-16)13-17-19(21)23-18(20-17)15-6-4-3-5-7-15/h2-11,13H,1,12H2/b17-13-. The van der Waals surface area contributed by atoms with Crippen LogP contribution in [0.1, 0.15) is 11.1 Å². The lowest BCUT2D eigenvalue weighted by Gasteiger charge is -2.02. The van der Waals surface area contributed by atoms with Crippen molar-refractivity contribution in [2.45, 2.75) is 0 Å². The van der Waals surface area contributed by atoms with E-state index in [0.29, 0.717) is 12.5 Å². The number of carbonyl (C=O) groups excluding carboxylic acids is 1. The van der Waals surface area contributed by atoms with Gasteiger partial charge in [-0.3, -0.25) is 0 Å². The smallest absolute Gasteiger partial charge is 0.363 e. The predicted octanol–water partition coefficient (Wildman–Crippen LogP) is 3.60. The summed E-state index contributed by atoms with van der Waals surface area (Å²) in [7, 11) is 0. The monoisotopic (exact) mass is 305 g/mol. The molecule has 0 saturated heterocycles. The van der Waals surface area contributed by atoms with Crippen molar-refractivity contribution in [2.75, 3.05) is 6.61 Å². The van der Waals surface area contributed by atoms with Crippen LogP contribution in [0, 0.1) is 0 Å². The van der Waals surface area contributed by atoms with E-state index in [1.165, 1.54) is 0 Å². The van der Waals surface area contributed by atoms with Crippen molar-refractivity contribution in [1.29, 1.82) is 0 Å². The minimum absolute atomic E-state index is 0.281. The summed E-state index contributed by atoms with van der Waals surface area (Å²) in [6.45, 7) is 4.06. The van der Waals surface area contributed by atoms with Crippen LogP contribution in [0.5, 0.6) is 5.75 Å². The fraction of sp³-hybridized carbons (Fsp3) is 0.0526. The van der Waals surface area contributed by atoms with Gasteiger partial charge in [0.15, 0.2) is 5.70 Å². The zero-order chi connectivity index (χ0) is 16.1. The first-order valence-electron chi connectivity index (χ1n) is 7.18. The molecule has 2 aromatic carbocycles. The zero-order valence-corrected chi connectivity index (χ0v) is 12.4. The van der Waals surface area contributed by atoms with Crippen molar-refractivity contribution in [2.24, 2.45) is 4.99 Å². The van der Waals surface area contributed by atoms with E-state index in [9.17, 15) is 4.79 Å². The zero-order valence-electron chi connectivity index (χ0n) is 12.4. The van der Waals surface area contributed by atoms with Crippen LogP contribution in [-0.2, 0) is 9.53 Å². The summed E-state index contributed by atoms with van der Waals surface area (Å²) in [6.07, 6.45) is 3.37. The summed E-state index contributed by atoms with van der Waals surface area (Å²) in [5, 5.41) is 0. The van der Waals surface area contributed by atoms with Gasteiger partial charge in [0.1, 0.15) is 12.4 Å². The molecule has 0 fully saturated rings. The molecule has 0 unspecified atom stereocenters. The molecule has 3 rings (SSSR count). The van der Waals surface area contributed by atoms with E-state index in [2.05, 4.69) is 11.6 Å². The molecule has 0 spiro atoms. The Kier molecular flexibility index (Phi) is 4.34. The fourth-order valence-electron chi connectivity index (χ4n) is 2.09. The number of hydrogen-bond acceptors (Lipinski definition) is 4. The van der Waals surface area contributed by atoms with E-state index in [1.807, 2.05) is 54.6 Å². The third-order valence-electron chi connectivity index (χ3n) is 3.19. The van der Waals surface area contributed by atoms with Crippen molar-refractivity contribution >= 4 is 17.9 Å². The summed E-state index contributed by atoms with van der Waals surface area (Å²) in [5.41, 5.74) is 1.90. The molecule has 0 amide bonds. The number of nitrogens with zero attached hydrogens (tertiary/aromatic N) is 1. The maximum absolute atomic E-state index is 11.9. The lowest BCUT2D eigenvalue weighted by Crippen LogP contribution is -2.04. The lowest BCUT2D eigenvalue weighted by molar-refractivity contribution is -0.129. The van der Waals surface area contributed by atoms with Gasteiger partial charge in [0.05, 0.1) is 0 Å². The Morgan fingerprint density at radius 3 is 2.52 bits per heavy atom. The number of aliphatic imine (C=N–C) groups is 1. The van der Waals surface area contributed by atoms with E-state index < -0.39 is 5.97 Å². The van der Waals surface area contributed by atoms with Crippen LogP contribution in [0.15, 0.2) is 77.9 Å². The van der Waals surface area contributed by atoms with Gasteiger partial charge in [0.2, 0.25) is 5.90 Å². The number of ether oxygens (including phenoxy) is 2. The molecule has 0 bridgehead atoms. The van der Waals surface area contributed by atoms with Gasteiger partial charge in [-0.15, -0.1) is 0 Å². The molecule has 0 saturated carbocycles. The average Bonchev–Trinajstić information content (AvgIpc) is 2.96. The molecule has 0 N–H and O–H groups in total. The molecule has 114 valence electrons. The van der Waals surface area contributed by atoms with Gasteiger partial charge in [-0.25, -0.2) is 9.79 Å². The highest BCUT2D eigenvalue weighted by Gasteiger charge is 2.23. The predicted molar refractivity (Wildman–Crippen MR) is 89.2 cm³/mol. The van der Waals surface area contributed by atoms with Crippen molar-refractivity contribution < 1.29 is 14.3 Å². The molecule has 1 heterocycles. The van der Waals surface area contributed by atoms with Crippen LogP contribution in [0.3, 0.4) is 0 Å². The van der Waals surface area contributed by atoms with Crippen molar-refractivity contribution in [3.63, 3.8) is 0 Å². The molecule has 4 heteroatoms. The second-order valence-electron chi connectivity index (χ2n) is 4.87. The number of benzene rings is 2. The molecular weight excluding hydrogens is 290 g/mol. The van der Waals surface area contributed by atoms with Gasteiger partial charge in [-0.1, -0.05) is 43.0 Å². The lowest BCUT2D eigenvalue weighted by atomic mass is 10.2. The number of cyclic esters (lactones) is 1. The van der Waals surface area contributed by atoms with E-state index in [4.69, 9.17) is 9.47 Å². The topological polar surface area (TPSA) is 47.9 Å². The first-order valence-corrected chi connectivity index (χ1v) is 7.18. The summed E-state index contributed by atoms with van der Waals surface area (Å²) < 4.78 is 10.6. The van der Waals surface area contributed by atoms with Crippen molar-refractivity contribution in [1.82, 2.24) is 0 Å². The minimum Gasteiger partial charge on any atom is -0.490 e. The van der Waals surface area contributed by atoms with Crippen molar-refractivity contribution in [3.05, 3.63) is 84.1 Å².